The fraction of sp³-hybridized carbons (Fsp3) is 0.643. The number of likely N-dealkylation sites (tertiary alicyclic amines) is 1. The molecule has 5 nitrogen and oxygen atoms in total. The summed E-state index contributed by atoms with van der Waals surface area (Å²) >= 11 is 5.78. The van der Waals surface area contributed by atoms with Gasteiger partial charge in [0.25, 0.3) is 0 Å². The van der Waals surface area contributed by atoms with Gasteiger partial charge in [0.2, 0.25) is 5.91 Å². The fourth-order valence-corrected chi connectivity index (χ4v) is 3.02. The van der Waals surface area contributed by atoms with Crippen LogP contribution in [0.5, 0.6) is 0 Å². The molecule has 1 N–H and O–H groups in total. The second kappa shape index (κ2) is 5.76. The highest BCUT2D eigenvalue weighted by atomic mass is 35.5. The third-order valence-corrected chi connectivity index (χ3v) is 4.32. The van der Waals surface area contributed by atoms with Crippen LogP contribution in [-0.4, -0.2) is 42.6 Å². The molecule has 3 heterocycles. The summed E-state index contributed by atoms with van der Waals surface area (Å²) in [5.74, 6) is 0.982. The van der Waals surface area contributed by atoms with E-state index in [2.05, 4.69) is 10.2 Å². The number of carbonyl (C=O) groups is 1. The van der Waals surface area contributed by atoms with Gasteiger partial charge in [-0.2, -0.15) is 0 Å². The number of ether oxygens (including phenoxy) is 1. The summed E-state index contributed by atoms with van der Waals surface area (Å²) in [5, 5.41) is 3.39. The van der Waals surface area contributed by atoms with Gasteiger partial charge in [-0.15, -0.1) is 0 Å². The number of halogens is 1. The summed E-state index contributed by atoms with van der Waals surface area (Å²) < 4.78 is 11.3. The Hall–Kier alpha value is -1.04. The average Bonchev–Trinajstić information content (AvgIpc) is 2.75. The molecule has 3 rings (SSSR count). The van der Waals surface area contributed by atoms with Crippen molar-refractivity contribution >= 4 is 17.5 Å². The standard InChI is InChI=1S/C14H19ClN2O3/c15-12-2-1-11(20-12)9-17-6-4-14(5-7-17)10-16-13(18)3-8-19-14/h1-2H,3-10H2,(H,16,18). The minimum absolute atomic E-state index is 0.0922. The number of furan rings is 1. The molecule has 0 atom stereocenters. The van der Waals surface area contributed by atoms with Crippen molar-refractivity contribution in [1.29, 1.82) is 0 Å². The van der Waals surface area contributed by atoms with Gasteiger partial charge >= 0.3 is 0 Å². The van der Waals surface area contributed by atoms with E-state index in [0.717, 1.165) is 38.2 Å². The van der Waals surface area contributed by atoms with E-state index in [-0.39, 0.29) is 11.5 Å². The van der Waals surface area contributed by atoms with Crippen molar-refractivity contribution in [1.82, 2.24) is 10.2 Å². The van der Waals surface area contributed by atoms with Crippen LogP contribution in [0.2, 0.25) is 5.22 Å². The zero-order valence-corrected chi connectivity index (χ0v) is 12.1. The van der Waals surface area contributed by atoms with Crippen LogP contribution in [0.25, 0.3) is 0 Å². The molecule has 1 spiro atoms. The van der Waals surface area contributed by atoms with E-state index in [9.17, 15) is 4.79 Å². The first-order valence-corrected chi connectivity index (χ1v) is 7.40. The van der Waals surface area contributed by atoms with Gasteiger partial charge in [-0.3, -0.25) is 9.69 Å². The highest BCUT2D eigenvalue weighted by Gasteiger charge is 2.37. The molecule has 6 heteroatoms. The Labute approximate surface area is 123 Å². The maximum absolute atomic E-state index is 11.4. The fourth-order valence-electron chi connectivity index (χ4n) is 2.86. The first-order chi connectivity index (χ1) is 9.65. The molecule has 2 aliphatic heterocycles. The smallest absolute Gasteiger partial charge is 0.222 e. The molecule has 2 saturated heterocycles. The van der Waals surface area contributed by atoms with Crippen LogP contribution in [0, 0.1) is 0 Å². The Morgan fingerprint density at radius 3 is 2.85 bits per heavy atom. The van der Waals surface area contributed by atoms with Gasteiger partial charge in [0, 0.05) is 26.1 Å². The number of nitrogens with zero attached hydrogens (tertiary/aromatic N) is 1. The van der Waals surface area contributed by atoms with Gasteiger partial charge in [0.15, 0.2) is 5.22 Å². The SMILES string of the molecule is O=C1CCOC2(CCN(Cc3ccc(Cl)o3)CC2)CN1. The van der Waals surface area contributed by atoms with Crippen LogP contribution < -0.4 is 5.32 Å². The Morgan fingerprint density at radius 1 is 1.35 bits per heavy atom. The minimum Gasteiger partial charge on any atom is -0.448 e. The maximum atomic E-state index is 11.4. The van der Waals surface area contributed by atoms with Crippen LogP contribution in [0.15, 0.2) is 16.5 Å². The van der Waals surface area contributed by atoms with E-state index in [0.29, 0.717) is 24.8 Å². The minimum atomic E-state index is -0.177. The third kappa shape index (κ3) is 3.16. The van der Waals surface area contributed by atoms with Crippen LogP contribution in [0.4, 0.5) is 0 Å². The summed E-state index contributed by atoms with van der Waals surface area (Å²) in [6.45, 7) is 3.81. The van der Waals surface area contributed by atoms with E-state index in [1.54, 1.807) is 6.07 Å². The van der Waals surface area contributed by atoms with Crippen molar-refractivity contribution < 1.29 is 13.9 Å². The largest absolute Gasteiger partial charge is 0.448 e. The summed E-state index contributed by atoms with van der Waals surface area (Å²) in [6, 6.07) is 3.68. The summed E-state index contributed by atoms with van der Waals surface area (Å²) in [5.41, 5.74) is -0.177. The highest BCUT2D eigenvalue weighted by Crippen LogP contribution is 2.28. The Balaban J connectivity index is 1.54. The number of hydrogen-bond acceptors (Lipinski definition) is 4. The van der Waals surface area contributed by atoms with Gasteiger partial charge < -0.3 is 14.5 Å². The van der Waals surface area contributed by atoms with Crippen molar-refractivity contribution in [3.8, 4) is 0 Å². The maximum Gasteiger partial charge on any atom is 0.222 e. The summed E-state index contributed by atoms with van der Waals surface area (Å²) in [7, 11) is 0. The molecule has 0 unspecified atom stereocenters. The number of nitrogens with one attached hydrogen (secondary N) is 1. The molecule has 0 saturated carbocycles. The van der Waals surface area contributed by atoms with Crippen molar-refractivity contribution in [2.24, 2.45) is 0 Å². The third-order valence-electron chi connectivity index (χ3n) is 4.12. The van der Waals surface area contributed by atoms with Gasteiger partial charge in [-0.1, -0.05) is 0 Å². The second-order valence-corrected chi connectivity index (χ2v) is 5.91. The zero-order chi connectivity index (χ0) is 14.0. The van der Waals surface area contributed by atoms with E-state index < -0.39 is 0 Å². The topological polar surface area (TPSA) is 54.7 Å². The lowest BCUT2D eigenvalue weighted by Gasteiger charge is -2.40. The highest BCUT2D eigenvalue weighted by molar-refractivity contribution is 6.28. The number of rotatable bonds is 2. The summed E-state index contributed by atoms with van der Waals surface area (Å²) in [4.78, 5) is 13.7. The van der Waals surface area contributed by atoms with E-state index in [4.69, 9.17) is 20.8 Å². The predicted molar refractivity (Wildman–Crippen MR) is 74.5 cm³/mol. The molecule has 20 heavy (non-hydrogen) atoms. The Bertz CT molecular complexity index is 481. The Kier molecular flexibility index (Phi) is 4.01. The van der Waals surface area contributed by atoms with E-state index in [1.165, 1.54) is 0 Å². The first kappa shape index (κ1) is 13.9. The van der Waals surface area contributed by atoms with Crippen molar-refractivity contribution in [2.75, 3.05) is 26.2 Å². The molecule has 1 aromatic heterocycles. The van der Waals surface area contributed by atoms with Gasteiger partial charge in [0.1, 0.15) is 5.76 Å². The second-order valence-electron chi connectivity index (χ2n) is 5.54. The molecular formula is C14H19ClN2O3. The lowest BCUT2D eigenvalue weighted by molar-refractivity contribution is -0.120. The van der Waals surface area contributed by atoms with Crippen molar-refractivity contribution in [2.45, 2.75) is 31.4 Å². The molecule has 2 aliphatic rings. The van der Waals surface area contributed by atoms with Crippen molar-refractivity contribution in [3.05, 3.63) is 23.1 Å². The number of amides is 1. The molecule has 110 valence electrons. The quantitative estimate of drug-likeness (QED) is 0.905. The van der Waals surface area contributed by atoms with E-state index in [1.807, 2.05) is 6.07 Å². The number of piperidine rings is 1. The summed E-state index contributed by atoms with van der Waals surface area (Å²) in [6.07, 6.45) is 2.33. The van der Waals surface area contributed by atoms with Crippen molar-refractivity contribution in [3.63, 3.8) is 0 Å². The van der Waals surface area contributed by atoms with Crippen LogP contribution in [0.1, 0.15) is 25.0 Å². The molecule has 2 fully saturated rings. The van der Waals surface area contributed by atoms with Crippen LogP contribution in [-0.2, 0) is 16.1 Å². The van der Waals surface area contributed by atoms with E-state index >= 15 is 0 Å². The average molecular weight is 299 g/mol. The molecule has 0 aliphatic carbocycles. The molecule has 1 amide bonds. The normalized spacial score (nSPS) is 23.6. The molecular weight excluding hydrogens is 280 g/mol. The van der Waals surface area contributed by atoms with Gasteiger partial charge in [-0.25, -0.2) is 0 Å². The van der Waals surface area contributed by atoms with Crippen LogP contribution in [0.3, 0.4) is 0 Å². The predicted octanol–water partition coefficient (Wildman–Crippen LogP) is 1.80. The van der Waals surface area contributed by atoms with Gasteiger partial charge in [-0.05, 0) is 36.6 Å². The number of carbonyl (C=O) groups excluding carboxylic acids is 1. The zero-order valence-electron chi connectivity index (χ0n) is 11.4. The van der Waals surface area contributed by atoms with Gasteiger partial charge in [0.05, 0.1) is 18.8 Å². The molecule has 0 bridgehead atoms. The lowest BCUT2D eigenvalue weighted by Crippen LogP contribution is -2.50. The van der Waals surface area contributed by atoms with Crippen LogP contribution >= 0.6 is 11.6 Å². The first-order valence-electron chi connectivity index (χ1n) is 7.02. The molecule has 0 radical (unpaired) electrons. The molecule has 0 aromatic carbocycles. The molecule has 1 aromatic rings. The monoisotopic (exact) mass is 298 g/mol. The lowest BCUT2D eigenvalue weighted by atomic mass is 9.91. The number of hydrogen-bond donors (Lipinski definition) is 1. The Morgan fingerprint density at radius 2 is 2.15 bits per heavy atom.